The average Bonchev–Trinajstić information content (AvgIpc) is 2.82. The van der Waals surface area contributed by atoms with Gasteiger partial charge in [-0.3, -0.25) is 9.59 Å². The van der Waals surface area contributed by atoms with Crippen molar-refractivity contribution in [2.75, 3.05) is 19.5 Å². The monoisotopic (exact) mass is 495 g/mol. The number of rotatable bonds is 7. The van der Waals surface area contributed by atoms with Gasteiger partial charge in [-0.15, -0.1) is 0 Å². The van der Waals surface area contributed by atoms with Crippen LogP contribution in [0.5, 0.6) is 11.5 Å². The zero-order chi connectivity index (χ0) is 23.1. The maximum atomic E-state index is 12.6. The van der Waals surface area contributed by atoms with Crippen LogP contribution in [-0.2, 0) is 0 Å². The van der Waals surface area contributed by atoms with E-state index in [9.17, 15) is 9.59 Å². The topological polar surface area (TPSA) is 89.0 Å². The van der Waals surface area contributed by atoms with Gasteiger partial charge in [-0.2, -0.15) is 5.10 Å². The summed E-state index contributed by atoms with van der Waals surface area (Å²) in [5.74, 6) is 0.556. The van der Waals surface area contributed by atoms with Crippen LogP contribution in [0.25, 0.3) is 0 Å². The van der Waals surface area contributed by atoms with E-state index in [1.165, 1.54) is 0 Å². The number of nitrogens with zero attached hydrogens (tertiary/aromatic N) is 1. The molecule has 0 atom stereocenters. The Morgan fingerprint density at radius 2 is 1.59 bits per heavy atom. The van der Waals surface area contributed by atoms with Crippen molar-refractivity contribution in [3.8, 4) is 11.5 Å². The second-order valence-electron chi connectivity index (χ2n) is 6.75. The third-order valence-corrected chi connectivity index (χ3v) is 5.09. The molecule has 3 aromatic carbocycles. The van der Waals surface area contributed by atoms with Crippen LogP contribution >= 0.6 is 15.9 Å². The number of benzene rings is 3. The summed E-state index contributed by atoms with van der Waals surface area (Å²) in [7, 11) is 3.13. The molecule has 0 aromatic heterocycles. The Bertz CT molecular complexity index is 1180. The van der Waals surface area contributed by atoms with E-state index in [0.717, 1.165) is 10.0 Å². The largest absolute Gasteiger partial charge is 0.497 e. The summed E-state index contributed by atoms with van der Waals surface area (Å²) in [6.45, 7) is 1.76. The second kappa shape index (κ2) is 10.6. The second-order valence-corrected chi connectivity index (χ2v) is 7.67. The lowest BCUT2D eigenvalue weighted by Crippen LogP contribution is -2.20. The van der Waals surface area contributed by atoms with E-state index in [1.54, 1.807) is 81.8 Å². The Balaban J connectivity index is 1.71. The van der Waals surface area contributed by atoms with Crippen LogP contribution in [0.3, 0.4) is 0 Å². The minimum Gasteiger partial charge on any atom is -0.497 e. The van der Waals surface area contributed by atoms with Gasteiger partial charge in [-0.05, 0) is 55.5 Å². The Kier molecular flexibility index (Phi) is 7.62. The van der Waals surface area contributed by atoms with Gasteiger partial charge in [-0.1, -0.05) is 28.1 Å². The smallest absolute Gasteiger partial charge is 0.271 e. The predicted molar refractivity (Wildman–Crippen MR) is 128 cm³/mol. The molecule has 32 heavy (non-hydrogen) atoms. The standard InChI is InChI=1S/C24H22BrN3O4/c1-15(21-11-10-20(31-2)14-22(21)32-3)27-28-24(30)17-7-5-9-19(13-17)26-23(29)16-6-4-8-18(25)12-16/h4-14H,1-3H3,(H,26,29)(H,28,30)/b27-15+. The van der Waals surface area contributed by atoms with Gasteiger partial charge >= 0.3 is 0 Å². The van der Waals surface area contributed by atoms with Gasteiger partial charge in [-0.25, -0.2) is 5.43 Å². The molecule has 0 unspecified atom stereocenters. The molecule has 0 aliphatic carbocycles. The van der Waals surface area contributed by atoms with E-state index in [-0.39, 0.29) is 5.91 Å². The average molecular weight is 496 g/mol. The molecule has 0 fully saturated rings. The predicted octanol–water partition coefficient (Wildman–Crippen LogP) is 4.87. The summed E-state index contributed by atoms with van der Waals surface area (Å²) < 4.78 is 11.4. The maximum Gasteiger partial charge on any atom is 0.271 e. The molecular formula is C24H22BrN3O4. The summed E-state index contributed by atoms with van der Waals surface area (Å²) in [6.07, 6.45) is 0. The van der Waals surface area contributed by atoms with Crippen LogP contribution in [-0.4, -0.2) is 31.7 Å². The van der Waals surface area contributed by atoms with Crippen molar-refractivity contribution in [3.05, 3.63) is 87.9 Å². The molecule has 2 amide bonds. The van der Waals surface area contributed by atoms with Gasteiger partial charge in [0.15, 0.2) is 0 Å². The highest BCUT2D eigenvalue weighted by molar-refractivity contribution is 9.10. The van der Waals surface area contributed by atoms with E-state index in [2.05, 4.69) is 31.8 Å². The van der Waals surface area contributed by atoms with Crippen LogP contribution in [0.1, 0.15) is 33.2 Å². The fourth-order valence-electron chi connectivity index (χ4n) is 2.93. The van der Waals surface area contributed by atoms with Gasteiger partial charge in [0.25, 0.3) is 11.8 Å². The van der Waals surface area contributed by atoms with Crippen molar-refractivity contribution in [2.45, 2.75) is 6.92 Å². The first-order valence-electron chi connectivity index (χ1n) is 9.65. The van der Waals surface area contributed by atoms with Crippen LogP contribution < -0.4 is 20.2 Å². The lowest BCUT2D eigenvalue weighted by Gasteiger charge is -2.10. The number of ether oxygens (including phenoxy) is 2. The molecule has 7 nitrogen and oxygen atoms in total. The summed E-state index contributed by atoms with van der Waals surface area (Å²) in [4.78, 5) is 25.0. The highest BCUT2D eigenvalue weighted by atomic mass is 79.9. The number of hydrogen-bond acceptors (Lipinski definition) is 5. The minimum atomic E-state index is -0.407. The summed E-state index contributed by atoms with van der Waals surface area (Å²) in [5.41, 5.74) is 5.19. The van der Waals surface area contributed by atoms with Gasteiger partial charge in [0.1, 0.15) is 11.5 Å². The lowest BCUT2D eigenvalue weighted by molar-refractivity contribution is 0.0953. The van der Waals surface area contributed by atoms with Gasteiger partial charge in [0.05, 0.1) is 19.9 Å². The van der Waals surface area contributed by atoms with Crippen molar-refractivity contribution in [3.63, 3.8) is 0 Å². The van der Waals surface area contributed by atoms with E-state index < -0.39 is 5.91 Å². The Morgan fingerprint density at radius 3 is 2.28 bits per heavy atom. The quantitative estimate of drug-likeness (QED) is 0.361. The molecule has 0 saturated carbocycles. The van der Waals surface area contributed by atoms with Gasteiger partial charge < -0.3 is 14.8 Å². The Hall–Kier alpha value is -3.65. The fourth-order valence-corrected chi connectivity index (χ4v) is 3.33. The Morgan fingerprint density at radius 1 is 0.875 bits per heavy atom. The first-order valence-corrected chi connectivity index (χ1v) is 10.4. The fraction of sp³-hybridized carbons (Fsp3) is 0.125. The van der Waals surface area contributed by atoms with E-state index in [4.69, 9.17) is 9.47 Å². The van der Waals surface area contributed by atoms with Crippen molar-refractivity contribution in [1.82, 2.24) is 5.43 Å². The van der Waals surface area contributed by atoms with Crippen molar-refractivity contribution >= 4 is 39.1 Å². The van der Waals surface area contributed by atoms with Gasteiger partial charge in [0, 0.05) is 32.9 Å². The first-order chi connectivity index (χ1) is 15.4. The SMILES string of the molecule is COc1ccc(/C(C)=N/NC(=O)c2cccc(NC(=O)c3cccc(Br)c3)c2)c(OC)c1. The van der Waals surface area contributed by atoms with E-state index in [1.807, 2.05) is 6.07 Å². The highest BCUT2D eigenvalue weighted by Crippen LogP contribution is 2.25. The minimum absolute atomic E-state index is 0.274. The molecule has 0 aliphatic heterocycles. The molecule has 0 saturated heterocycles. The normalized spacial score (nSPS) is 10.9. The summed E-state index contributed by atoms with van der Waals surface area (Å²) in [5, 5.41) is 6.98. The Labute approximate surface area is 194 Å². The molecule has 0 spiro atoms. The third kappa shape index (κ3) is 5.73. The molecule has 0 heterocycles. The van der Waals surface area contributed by atoms with Crippen molar-refractivity contribution < 1.29 is 19.1 Å². The highest BCUT2D eigenvalue weighted by Gasteiger charge is 2.11. The number of carbonyl (C=O) groups is 2. The zero-order valence-electron chi connectivity index (χ0n) is 17.8. The van der Waals surface area contributed by atoms with E-state index >= 15 is 0 Å². The van der Waals surface area contributed by atoms with Gasteiger partial charge in [0.2, 0.25) is 0 Å². The molecule has 3 rings (SSSR count). The summed E-state index contributed by atoms with van der Waals surface area (Å²) >= 11 is 3.35. The molecule has 0 bridgehead atoms. The third-order valence-electron chi connectivity index (χ3n) is 4.59. The molecule has 0 aliphatic rings. The molecule has 164 valence electrons. The summed E-state index contributed by atoms with van der Waals surface area (Å²) in [6, 6.07) is 19.0. The molecular weight excluding hydrogens is 474 g/mol. The van der Waals surface area contributed by atoms with Crippen LogP contribution in [0.4, 0.5) is 5.69 Å². The molecule has 8 heteroatoms. The number of halogens is 1. The maximum absolute atomic E-state index is 12.6. The number of methoxy groups -OCH3 is 2. The number of amides is 2. The number of hydrazone groups is 1. The van der Waals surface area contributed by atoms with Crippen LogP contribution in [0, 0.1) is 0 Å². The van der Waals surface area contributed by atoms with Crippen molar-refractivity contribution in [1.29, 1.82) is 0 Å². The van der Waals surface area contributed by atoms with Crippen LogP contribution in [0.2, 0.25) is 0 Å². The number of carbonyl (C=O) groups excluding carboxylic acids is 2. The number of nitrogens with one attached hydrogen (secondary N) is 2. The molecule has 2 N–H and O–H groups in total. The van der Waals surface area contributed by atoms with Crippen molar-refractivity contribution in [2.24, 2.45) is 5.10 Å². The molecule has 0 radical (unpaired) electrons. The number of hydrogen-bond donors (Lipinski definition) is 2. The molecule has 3 aromatic rings. The number of anilines is 1. The lowest BCUT2D eigenvalue weighted by atomic mass is 10.1. The first kappa shape index (κ1) is 23.0. The van der Waals surface area contributed by atoms with Crippen LogP contribution in [0.15, 0.2) is 76.3 Å². The van der Waals surface area contributed by atoms with E-state index in [0.29, 0.717) is 34.0 Å². The zero-order valence-corrected chi connectivity index (χ0v) is 19.4.